The van der Waals surface area contributed by atoms with Gasteiger partial charge in [0.05, 0.1) is 0 Å². The fourth-order valence-corrected chi connectivity index (χ4v) is 1.16. The maximum atomic E-state index is 10.3. The summed E-state index contributed by atoms with van der Waals surface area (Å²) in [7, 11) is 0. The van der Waals surface area contributed by atoms with Gasteiger partial charge in [-0.15, -0.1) is 0 Å². The zero-order valence-corrected chi connectivity index (χ0v) is 7.82. The molecule has 0 aliphatic carbocycles. The third-order valence-electron chi connectivity index (χ3n) is 1.68. The zero-order valence-electron chi connectivity index (χ0n) is 7.82. The number of carboxylic acids is 1. The van der Waals surface area contributed by atoms with Gasteiger partial charge in [-0.05, 0) is 36.3 Å². The van der Waals surface area contributed by atoms with Crippen molar-refractivity contribution in [1.82, 2.24) is 0 Å². The van der Waals surface area contributed by atoms with Crippen molar-refractivity contribution in [3.63, 3.8) is 0 Å². The molecule has 0 aromatic heterocycles. The molecule has 1 rings (SSSR count). The summed E-state index contributed by atoms with van der Waals surface area (Å²) in [5, 5.41) is 8.44. The first-order valence-corrected chi connectivity index (χ1v) is 4.11. The number of anilines is 1. The smallest absolute Gasteiger partial charge is 0.328 e. The summed E-state index contributed by atoms with van der Waals surface area (Å²) in [5.41, 5.74) is 5.10. The number of nitrogens with two attached hydrogens (primary N) is 1. The van der Waals surface area contributed by atoms with E-state index < -0.39 is 5.97 Å². The van der Waals surface area contributed by atoms with Crippen molar-refractivity contribution in [3.8, 4) is 0 Å². The Labute approximate surface area is 82.0 Å². The lowest BCUT2D eigenvalue weighted by atomic mass is 10.1. The highest BCUT2D eigenvalue weighted by molar-refractivity contribution is 5.85. The average Bonchev–Trinajstić information content (AvgIpc) is 2.14. The molecule has 4 N–H and O–H groups in total. The highest BCUT2D eigenvalue weighted by atomic mass is 16.4. The Kier molecular flexibility index (Phi) is 3.25. The van der Waals surface area contributed by atoms with Crippen LogP contribution in [0.25, 0.3) is 6.08 Å². The van der Waals surface area contributed by atoms with Crippen LogP contribution in [-0.2, 0) is 4.79 Å². The summed E-state index contributed by atoms with van der Waals surface area (Å²) in [6.07, 6.45) is 2.62. The van der Waals surface area contributed by atoms with Gasteiger partial charge in [0.15, 0.2) is 0 Å². The van der Waals surface area contributed by atoms with Crippen molar-refractivity contribution in [2.75, 3.05) is 5.43 Å². The van der Waals surface area contributed by atoms with E-state index in [1.807, 2.05) is 19.1 Å². The van der Waals surface area contributed by atoms with E-state index in [9.17, 15) is 4.79 Å². The lowest BCUT2D eigenvalue weighted by molar-refractivity contribution is -0.131. The number of benzene rings is 1. The SMILES string of the molecule is Cc1cc(/C=C/C(=O)O)cc(NN)c1. The fourth-order valence-electron chi connectivity index (χ4n) is 1.16. The van der Waals surface area contributed by atoms with Crippen molar-refractivity contribution in [1.29, 1.82) is 0 Å². The van der Waals surface area contributed by atoms with E-state index in [2.05, 4.69) is 5.43 Å². The number of carbonyl (C=O) groups is 1. The molecule has 74 valence electrons. The minimum atomic E-state index is -0.964. The molecule has 0 bridgehead atoms. The molecule has 0 saturated carbocycles. The van der Waals surface area contributed by atoms with E-state index in [-0.39, 0.29) is 0 Å². The molecule has 0 saturated heterocycles. The summed E-state index contributed by atoms with van der Waals surface area (Å²) in [6, 6.07) is 5.52. The van der Waals surface area contributed by atoms with E-state index in [4.69, 9.17) is 10.9 Å². The van der Waals surface area contributed by atoms with E-state index in [0.29, 0.717) is 0 Å². The van der Waals surface area contributed by atoms with Crippen LogP contribution in [0, 0.1) is 6.92 Å². The first kappa shape index (κ1) is 10.3. The number of carboxylic acid groups (broad SMARTS) is 1. The van der Waals surface area contributed by atoms with E-state index in [1.165, 1.54) is 6.08 Å². The molecule has 1 aromatic rings. The Morgan fingerprint density at radius 3 is 2.79 bits per heavy atom. The topological polar surface area (TPSA) is 75.3 Å². The molecule has 0 aliphatic rings. The van der Waals surface area contributed by atoms with Crippen LogP contribution >= 0.6 is 0 Å². The number of hydrogen-bond donors (Lipinski definition) is 3. The zero-order chi connectivity index (χ0) is 10.6. The van der Waals surface area contributed by atoms with Crippen LogP contribution in [0.15, 0.2) is 24.3 Å². The van der Waals surface area contributed by atoms with E-state index in [1.54, 1.807) is 6.07 Å². The van der Waals surface area contributed by atoms with Crippen LogP contribution < -0.4 is 11.3 Å². The molecule has 0 amide bonds. The van der Waals surface area contributed by atoms with Gasteiger partial charge in [0.2, 0.25) is 0 Å². The predicted molar refractivity (Wildman–Crippen MR) is 55.7 cm³/mol. The number of aryl methyl sites for hydroxylation is 1. The molecular formula is C10H12N2O2. The van der Waals surface area contributed by atoms with Gasteiger partial charge < -0.3 is 10.5 Å². The number of nitrogen functional groups attached to an aromatic ring is 1. The van der Waals surface area contributed by atoms with Crippen LogP contribution in [0.4, 0.5) is 5.69 Å². The average molecular weight is 192 g/mol. The number of rotatable bonds is 3. The fraction of sp³-hybridized carbons (Fsp3) is 0.100. The van der Waals surface area contributed by atoms with E-state index >= 15 is 0 Å². The standard InChI is InChI=1S/C10H12N2O2/c1-7-4-8(2-3-10(13)14)6-9(5-7)12-11/h2-6,12H,11H2,1H3,(H,13,14)/b3-2+. The van der Waals surface area contributed by atoms with Crippen molar-refractivity contribution < 1.29 is 9.90 Å². The van der Waals surface area contributed by atoms with Crippen molar-refractivity contribution in [2.24, 2.45) is 5.84 Å². The van der Waals surface area contributed by atoms with E-state index in [0.717, 1.165) is 22.9 Å². The van der Waals surface area contributed by atoms with Gasteiger partial charge in [-0.2, -0.15) is 0 Å². The van der Waals surface area contributed by atoms with Gasteiger partial charge >= 0.3 is 5.97 Å². The Morgan fingerprint density at radius 2 is 2.21 bits per heavy atom. The number of hydrogen-bond acceptors (Lipinski definition) is 3. The highest BCUT2D eigenvalue weighted by Gasteiger charge is 1.95. The van der Waals surface area contributed by atoms with Crippen LogP contribution in [0.2, 0.25) is 0 Å². The second kappa shape index (κ2) is 4.43. The number of hydrazine groups is 1. The Morgan fingerprint density at radius 1 is 1.50 bits per heavy atom. The maximum Gasteiger partial charge on any atom is 0.328 e. The minimum Gasteiger partial charge on any atom is -0.478 e. The minimum absolute atomic E-state index is 0.759. The van der Waals surface area contributed by atoms with Gasteiger partial charge in [0.25, 0.3) is 0 Å². The highest BCUT2D eigenvalue weighted by Crippen LogP contribution is 2.14. The quantitative estimate of drug-likeness (QED) is 0.384. The van der Waals surface area contributed by atoms with Gasteiger partial charge in [-0.3, -0.25) is 5.84 Å². The Balaban J connectivity index is 2.97. The van der Waals surface area contributed by atoms with Crippen LogP contribution in [0.5, 0.6) is 0 Å². The molecule has 0 heterocycles. The lowest BCUT2D eigenvalue weighted by Crippen LogP contribution is -2.06. The normalized spacial score (nSPS) is 10.4. The first-order valence-electron chi connectivity index (χ1n) is 4.11. The largest absolute Gasteiger partial charge is 0.478 e. The summed E-state index contributed by atoms with van der Waals surface area (Å²) in [4.78, 5) is 10.3. The first-order chi connectivity index (χ1) is 6.61. The summed E-state index contributed by atoms with van der Waals surface area (Å²) in [6.45, 7) is 1.92. The summed E-state index contributed by atoms with van der Waals surface area (Å²) in [5.74, 6) is 4.29. The molecule has 4 nitrogen and oxygen atoms in total. The number of aliphatic carboxylic acids is 1. The molecule has 0 radical (unpaired) electrons. The molecule has 0 spiro atoms. The van der Waals surface area contributed by atoms with Gasteiger partial charge in [-0.1, -0.05) is 6.07 Å². The van der Waals surface area contributed by atoms with Crippen molar-refractivity contribution in [2.45, 2.75) is 6.92 Å². The van der Waals surface area contributed by atoms with Gasteiger partial charge in [0.1, 0.15) is 0 Å². The van der Waals surface area contributed by atoms with Crippen LogP contribution in [0.3, 0.4) is 0 Å². The molecular weight excluding hydrogens is 180 g/mol. The molecule has 4 heteroatoms. The third-order valence-corrected chi connectivity index (χ3v) is 1.68. The monoisotopic (exact) mass is 192 g/mol. The van der Waals surface area contributed by atoms with Gasteiger partial charge in [0, 0.05) is 11.8 Å². The summed E-state index contributed by atoms with van der Waals surface area (Å²) >= 11 is 0. The Hall–Kier alpha value is -1.81. The van der Waals surface area contributed by atoms with Crippen LogP contribution in [-0.4, -0.2) is 11.1 Å². The maximum absolute atomic E-state index is 10.3. The Bertz CT molecular complexity index is 372. The summed E-state index contributed by atoms with van der Waals surface area (Å²) < 4.78 is 0. The van der Waals surface area contributed by atoms with Crippen molar-refractivity contribution >= 4 is 17.7 Å². The predicted octanol–water partition coefficient (Wildman–Crippen LogP) is 1.38. The third kappa shape index (κ3) is 2.91. The molecule has 0 aliphatic heterocycles. The van der Waals surface area contributed by atoms with Crippen LogP contribution in [0.1, 0.15) is 11.1 Å². The molecule has 1 aromatic carbocycles. The lowest BCUT2D eigenvalue weighted by Gasteiger charge is -2.03. The van der Waals surface area contributed by atoms with Crippen molar-refractivity contribution in [3.05, 3.63) is 35.4 Å². The number of nitrogens with one attached hydrogen (secondary N) is 1. The second-order valence-corrected chi connectivity index (χ2v) is 2.95. The molecule has 0 unspecified atom stereocenters. The molecule has 14 heavy (non-hydrogen) atoms. The molecule has 0 fully saturated rings. The van der Waals surface area contributed by atoms with Gasteiger partial charge in [-0.25, -0.2) is 4.79 Å². The molecule has 0 atom stereocenters. The second-order valence-electron chi connectivity index (χ2n) is 2.95.